The van der Waals surface area contributed by atoms with Crippen LogP contribution < -0.4 is 0 Å². The monoisotopic (exact) mass is 243 g/mol. The van der Waals surface area contributed by atoms with Gasteiger partial charge < -0.3 is 9.67 Å². The molecule has 0 aliphatic heterocycles. The molecule has 1 aromatic carbocycles. The molecule has 2 rings (SSSR count). The van der Waals surface area contributed by atoms with E-state index in [1.165, 1.54) is 5.56 Å². The van der Waals surface area contributed by atoms with Crippen molar-refractivity contribution in [3.8, 4) is 11.3 Å². The van der Waals surface area contributed by atoms with Gasteiger partial charge in [-0.25, -0.2) is 4.79 Å². The average Bonchev–Trinajstić information content (AvgIpc) is 2.57. The van der Waals surface area contributed by atoms with Crippen LogP contribution in [0.1, 0.15) is 27.2 Å². The molecule has 0 aliphatic carbocycles. The van der Waals surface area contributed by atoms with Crippen LogP contribution in [-0.2, 0) is 7.05 Å². The second-order valence-electron chi connectivity index (χ2n) is 4.71. The minimum Gasteiger partial charge on any atom is -0.478 e. The number of hydrogen-bond donors (Lipinski definition) is 1. The van der Waals surface area contributed by atoms with Gasteiger partial charge in [-0.05, 0) is 32.4 Å². The van der Waals surface area contributed by atoms with Crippen LogP contribution in [0.3, 0.4) is 0 Å². The molecule has 3 nitrogen and oxygen atoms in total. The highest BCUT2D eigenvalue weighted by molar-refractivity contribution is 5.91. The second-order valence-corrected chi connectivity index (χ2v) is 4.71. The summed E-state index contributed by atoms with van der Waals surface area (Å²) >= 11 is 0. The Hall–Kier alpha value is -2.03. The van der Waals surface area contributed by atoms with Crippen molar-refractivity contribution in [2.75, 3.05) is 0 Å². The maximum atomic E-state index is 11.1. The van der Waals surface area contributed by atoms with Crippen molar-refractivity contribution in [1.82, 2.24) is 4.57 Å². The van der Waals surface area contributed by atoms with Gasteiger partial charge in [0.25, 0.3) is 0 Å². The molecule has 0 fully saturated rings. The van der Waals surface area contributed by atoms with Crippen LogP contribution in [0, 0.1) is 20.8 Å². The Kier molecular flexibility index (Phi) is 2.99. The molecule has 0 spiro atoms. The van der Waals surface area contributed by atoms with E-state index in [1.807, 2.05) is 37.6 Å². The SMILES string of the molecule is Cc1ccc(-c2cc(C(=O)O)c(C)n2C)c(C)c1. The third kappa shape index (κ3) is 1.92. The van der Waals surface area contributed by atoms with Crippen molar-refractivity contribution >= 4 is 5.97 Å². The number of carboxylic acid groups (broad SMARTS) is 1. The van der Waals surface area contributed by atoms with Crippen LogP contribution in [0.2, 0.25) is 0 Å². The second kappa shape index (κ2) is 4.33. The van der Waals surface area contributed by atoms with Crippen molar-refractivity contribution in [2.45, 2.75) is 20.8 Å². The Morgan fingerprint density at radius 2 is 1.83 bits per heavy atom. The summed E-state index contributed by atoms with van der Waals surface area (Å²) in [6, 6.07) is 7.95. The van der Waals surface area contributed by atoms with Crippen LogP contribution >= 0.6 is 0 Å². The zero-order valence-electron chi connectivity index (χ0n) is 11.1. The van der Waals surface area contributed by atoms with E-state index in [4.69, 9.17) is 5.11 Å². The van der Waals surface area contributed by atoms with Crippen molar-refractivity contribution in [3.05, 3.63) is 46.6 Å². The van der Waals surface area contributed by atoms with Crippen molar-refractivity contribution in [1.29, 1.82) is 0 Å². The van der Waals surface area contributed by atoms with Gasteiger partial charge in [0.15, 0.2) is 0 Å². The summed E-state index contributed by atoms with van der Waals surface area (Å²) < 4.78 is 1.93. The van der Waals surface area contributed by atoms with E-state index in [-0.39, 0.29) is 0 Å². The maximum Gasteiger partial charge on any atom is 0.337 e. The Labute approximate surface area is 107 Å². The van der Waals surface area contributed by atoms with Crippen molar-refractivity contribution in [2.24, 2.45) is 7.05 Å². The first-order chi connectivity index (χ1) is 8.41. The fraction of sp³-hybridized carbons (Fsp3) is 0.267. The quantitative estimate of drug-likeness (QED) is 0.879. The number of aromatic carboxylic acids is 1. The van der Waals surface area contributed by atoms with E-state index in [2.05, 4.69) is 13.0 Å². The molecular weight excluding hydrogens is 226 g/mol. The van der Waals surface area contributed by atoms with Crippen molar-refractivity contribution < 1.29 is 9.90 Å². The maximum absolute atomic E-state index is 11.1. The standard InChI is InChI=1S/C15H17NO2/c1-9-5-6-12(10(2)7-9)14-8-13(15(17)18)11(3)16(14)4/h5-8H,1-4H3,(H,17,18). The zero-order chi connectivity index (χ0) is 13.4. The van der Waals surface area contributed by atoms with Crippen LogP contribution in [0.25, 0.3) is 11.3 Å². The molecule has 0 unspecified atom stereocenters. The first-order valence-electron chi connectivity index (χ1n) is 5.89. The largest absolute Gasteiger partial charge is 0.478 e. The molecule has 1 aromatic heterocycles. The lowest BCUT2D eigenvalue weighted by Gasteiger charge is -2.09. The number of carbonyl (C=O) groups is 1. The molecule has 0 bridgehead atoms. The Morgan fingerprint density at radius 3 is 2.33 bits per heavy atom. The van der Waals surface area contributed by atoms with E-state index in [1.54, 1.807) is 6.07 Å². The smallest absolute Gasteiger partial charge is 0.337 e. The summed E-state index contributed by atoms with van der Waals surface area (Å²) in [4.78, 5) is 11.1. The third-order valence-corrected chi connectivity index (χ3v) is 3.42. The molecule has 0 saturated carbocycles. The average molecular weight is 243 g/mol. The van der Waals surface area contributed by atoms with Gasteiger partial charge >= 0.3 is 5.97 Å². The summed E-state index contributed by atoms with van der Waals surface area (Å²) in [5.74, 6) is -0.876. The van der Waals surface area contributed by atoms with Gasteiger partial charge in [-0.3, -0.25) is 0 Å². The van der Waals surface area contributed by atoms with E-state index in [0.29, 0.717) is 5.56 Å². The minimum atomic E-state index is -0.876. The summed E-state index contributed by atoms with van der Waals surface area (Å²) in [5.41, 5.74) is 5.54. The van der Waals surface area contributed by atoms with E-state index in [0.717, 1.165) is 22.5 Å². The first-order valence-corrected chi connectivity index (χ1v) is 5.89. The first kappa shape index (κ1) is 12.4. The third-order valence-electron chi connectivity index (χ3n) is 3.42. The Bertz CT molecular complexity index is 624. The lowest BCUT2D eigenvalue weighted by atomic mass is 10.0. The van der Waals surface area contributed by atoms with E-state index in [9.17, 15) is 4.79 Å². The van der Waals surface area contributed by atoms with Crippen LogP contribution in [0.5, 0.6) is 0 Å². The Morgan fingerprint density at radius 1 is 1.17 bits per heavy atom. The molecule has 18 heavy (non-hydrogen) atoms. The highest BCUT2D eigenvalue weighted by Crippen LogP contribution is 2.28. The summed E-state index contributed by atoms with van der Waals surface area (Å²) in [5, 5.41) is 9.15. The molecule has 0 aliphatic rings. The molecule has 0 amide bonds. The van der Waals surface area contributed by atoms with Crippen LogP contribution in [0.4, 0.5) is 0 Å². The number of carboxylic acids is 1. The molecule has 3 heteroatoms. The minimum absolute atomic E-state index is 0.368. The molecule has 94 valence electrons. The number of hydrogen-bond acceptors (Lipinski definition) is 1. The lowest BCUT2D eigenvalue weighted by molar-refractivity contribution is 0.0696. The highest BCUT2D eigenvalue weighted by atomic mass is 16.4. The van der Waals surface area contributed by atoms with Gasteiger partial charge in [-0.2, -0.15) is 0 Å². The van der Waals surface area contributed by atoms with E-state index < -0.39 is 5.97 Å². The van der Waals surface area contributed by atoms with Gasteiger partial charge in [0.2, 0.25) is 0 Å². The number of nitrogens with zero attached hydrogens (tertiary/aromatic N) is 1. The molecule has 1 N–H and O–H groups in total. The Balaban J connectivity index is 2.64. The number of rotatable bonds is 2. The summed E-state index contributed by atoms with van der Waals surface area (Å²) in [6.45, 7) is 5.93. The number of aryl methyl sites for hydroxylation is 2. The fourth-order valence-corrected chi connectivity index (χ4v) is 2.28. The topological polar surface area (TPSA) is 42.2 Å². The van der Waals surface area contributed by atoms with Gasteiger partial charge in [-0.1, -0.05) is 23.8 Å². The summed E-state index contributed by atoms with van der Waals surface area (Å²) in [7, 11) is 1.90. The predicted molar refractivity (Wildman–Crippen MR) is 72.0 cm³/mol. The molecule has 1 heterocycles. The molecular formula is C15H17NO2. The predicted octanol–water partition coefficient (Wildman–Crippen LogP) is 3.32. The van der Waals surface area contributed by atoms with E-state index >= 15 is 0 Å². The van der Waals surface area contributed by atoms with Gasteiger partial charge in [-0.15, -0.1) is 0 Å². The fourth-order valence-electron chi connectivity index (χ4n) is 2.28. The van der Waals surface area contributed by atoms with Crippen molar-refractivity contribution in [3.63, 3.8) is 0 Å². The molecule has 0 radical (unpaired) electrons. The van der Waals surface area contributed by atoms with Gasteiger partial charge in [0.05, 0.1) is 5.56 Å². The van der Waals surface area contributed by atoms with Crippen LogP contribution in [0.15, 0.2) is 24.3 Å². The molecule has 0 saturated heterocycles. The van der Waals surface area contributed by atoms with Crippen LogP contribution in [-0.4, -0.2) is 15.6 Å². The zero-order valence-corrected chi connectivity index (χ0v) is 11.1. The normalized spacial score (nSPS) is 10.7. The lowest BCUT2D eigenvalue weighted by Crippen LogP contribution is -1.99. The number of aromatic nitrogens is 1. The van der Waals surface area contributed by atoms with Gasteiger partial charge in [0, 0.05) is 24.0 Å². The van der Waals surface area contributed by atoms with Gasteiger partial charge in [0.1, 0.15) is 0 Å². The molecule has 2 aromatic rings. The highest BCUT2D eigenvalue weighted by Gasteiger charge is 2.16. The molecule has 0 atom stereocenters. The number of benzene rings is 1. The summed E-state index contributed by atoms with van der Waals surface area (Å²) in [6.07, 6.45) is 0.